The third-order valence-electron chi connectivity index (χ3n) is 3.41. The summed E-state index contributed by atoms with van der Waals surface area (Å²) in [5, 5.41) is 16.4. The number of aromatic amines is 1. The van der Waals surface area contributed by atoms with Crippen LogP contribution in [-0.4, -0.2) is 35.9 Å². The van der Waals surface area contributed by atoms with E-state index in [9.17, 15) is 13.5 Å². The highest BCUT2D eigenvalue weighted by atomic mass is 32.2. The lowest BCUT2D eigenvalue weighted by atomic mass is 9.95. The maximum atomic E-state index is 11.9. The maximum Gasteiger partial charge on any atom is 0.243 e. The summed E-state index contributed by atoms with van der Waals surface area (Å²) in [6, 6.07) is 0. The third kappa shape index (κ3) is 3.30. The third-order valence-corrected chi connectivity index (χ3v) is 4.78. The van der Waals surface area contributed by atoms with Crippen LogP contribution in [0, 0.1) is 0 Å². The van der Waals surface area contributed by atoms with Crippen LogP contribution in [0.4, 0.5) is 0 Å². The van der Waals surface area contributed by atoms with E-state index >= 15 is 0 Å². The highest BCUT2D eigenvalue weighted by Gasteiger charge is 2.30. The number of rotatable bonds is 4. The Morgan fingerprint density at radius 3 is 2.56 bits per heavy atom. The number of sulfonamides is 1. The quantitative estimate of drug-likeness (QED) is 0.706. The van der Waals surface area contributed by atoms with Crippen molar-refractivity contribution in [1.29, 1.82) is 0 Å². The molecule has 0 atom stereocenters. The Kier molecular flexibility index (Phi) is 4.04. The van der Waals surface area contributed by atoms with Gasteiger partial charge in [-0.25, -0.2) is 13.1 Å². The van der Waals surface area contributed by atoms with Crippen molar-refractivity contribution in [2.45, 2.75) is 49.0 Å². The highest BCUT2D eigenvalue weighted by molar-refractivity contribution is 7.89. The van der Waals surface area contributed by atoms with Gasteiger partial charge in [-0.15, -0.1) is 0 Å². The Morgan fingerprint density at radius 1 is 1.33 bits per heavy atom. The minimum Gasteiger partial charge on any atom is -0.389 e. The fourth-order valence-corrected chi connectivity index (χ4v) is 3.29. The second kappa shape index (κ2) is 5.38. The lowest BCUT2D eigenvalue weighted by molar-refractivity contribution is 0.0303. The summed E-state index contributed by atoms with van der Waals surface area (Å²) < 4.78 is 26.2. The molecule has 1 heterocycles. The summed E-state index contributed by atoms with van der Waals surface area (Å²) in [6.45, 7) is 0.0700. The van der Waals surface area contributed by atoms with Gasteiger partial charge in [0.25, 0.3) is 0 Å². The van der Waals surface area contributed by atoms with Crippen LogP contribution in [0.1, 0.15) is 38.5 Å². The number of H-pyrrole nitrogens is 1. The molecule has 7 heteroatoms. The average molecular weight is 273 g/mol. The Bertz CT molecular complexity index is 462. The molecular weight excluding hydrogens is 254 g/mol. The molecule has 18 heavy (non-hydrogen) atoms. The van der Waals surface area contributed by atoms with Gasteiger partial charge in [0, 0.05) is 12.7 Å². The fraction of sp³-hybridized carbons (Fsp3) is 0.727. The molecular formula is C11H19N3O3S. The first-order valence-corrected chi connectivity index (χ1v) is 7.71. The van der Waals surface area contributed by atoms with Gasteiger partial charge in [0.1, 0.15) is 4.90 Å². The van der Waals surface area contributed by atoms with E-state index in [1.165, 1.54) is 12.4 Å². The molecule has 1 aromatic rings. The molecule has 0 unspecified atom stereocenters. The van der Waals surface area contributed by atoms with Gasteiger partial charge in [0.15, 0.2) is 0 Å². The minimum atomic E-state index is -3.57. The molecule has 0 aliphatic heterocycles. The van der Waals surface area contributed by atoms with Crippen LogP contribution in [0.15, 0.2) is 17.3 Å². The summed E-state index contributed by atoms with van der Waals surface area (Å²) in [5.41, 5.74) is -0.909. The first-order chi connectivity index (χ1) is 8.52. The van der Waals surface area contributed by atoms with E-state index in [0.29, 0.717) is 12.8 Å². The summed E-state index contributed by atoms with van der Waals surface area (Å²) in [5.74, 6) is 0. The predicted octanol–water partition coefficient (Wildman–Crippen LogP) is 0.773. The zero-order valence-electron chi connectivity index (χ0n) is 10.2. The normalized spacial score (nSPS) is 20.5. The molecule has 0 bridgehead atoms. The number of nitrogens with zero attached hydrogens (tertiary/aromatic N) is 1. The Balaban J connectivity index is 1.98. The zero-order chi connectivity index (χ0) is 13.1. The molecule has 0 saturated heterocycles. The molecule has 1 aliphatic rings. The molecule has 1 saturated carbocycles. The second-order valence-electron chi connectivity index (χ2n) is 4.90. The molecule has 102 valence electrons. The van der Waals surface area contributed by atoms with E-state index in [4.69, 9.17) is 0 Å². The van der Waals surface area contributed by atoms with Crippen molar-refractivity contribution in [3.63, 3.8) is 0 Å². The van der Waals surface area contributed by atoms with Crippen molar-refractivity contribution in [1.82, 2.24) is 14.9 Å². The van der Waals surface area contributed by atoms with Crippen molar-refractivity contribution in [2.75, 3.05) is 6.54 Å². The van der Waals surface area contributed by atoms with Crippen LogP contribution in [0.2, 0.25) is 0 Å². The smallest absolute Gasteiger partial charge is 0.243 e. The van der Waals surface area contributed by atoms with Crippen molar-refractivity contribution in [3.8, 4) is 0 Å². The first-order valence-electron chi connectivity index (χ1n) is 6.23. The molecule has 0 amide bonds. The number of nitrogens with one attached hydrogen (secondary N) is 2. The van der Waals surface area contributed by atoms with E-state index in [1.54, 1.807) is 0 Å². The highest BCUT2D eigenvalue weighted by Crippen LogP contribution is 2.26. The van der Waals surface area contributed by atoms with Crippen molar-refractivity contribution in [2.24, 2.45) is 0 Å². The van der Waals surface area contributed by atoms with Gasteiger partial charge in [-0.05, 0) is 12.8 Å². The van der Waals surface area contributed by atoms with E-state index in [-0.39, 0.29) is 11.4 Å². The summed E-state index contributed by atoms with van der Waals surface area (Å²) >= 11 is 0. The van der Waals surface area contributed by atoms with Crippen molar-refractivity contribution < 1.29 is 13.5 Å². The van der Waals surface area contributed by atoms with Crippen LogP contribution in [0.3, 0.4) is 0 Å². The van der Waals surface area contributed by atoms with Crippen LogP contribution < -0.4 is 4.72 Å². The van der Waals surface area contributed by atoms with Gasteiger partial charge in [0.2, 0.25) is 10.0 Å². The standard InChI is InChI=1S/C11H19N3O3S/c15-11(5-3-1-2-4-6-11)9-14-18(16,17)10-7-12-13-8-10/h7-8,14-15H,1-6,9H2,(H,12,13). The molecule has 0 spiro atoms. The maximum absolute atomic E-state index is 11.9. The first kappa shape index (κ1) is 13.5. The van der Waals surface area contributed by atoms with Gasteiger partial charge in [0.05, 0.1) is 11.8 Å². The Hall–Kier alpha value is -0.920. The molecule has 2 rings (SSSR count). The Morgan fingerprint density at radius 2 is 2.00 bits per heavy atom. The average Bonchev–Trinajstić information content (AvgIpc) is 2.79. The largest absolute Gasteiger partial charge is 0.389 e. The van der Waals surface area contributed by atoms with Crippen LogP contribution in [0.25, 0.3) is 0 Å². The lowest BCUT2D eigenvalue weighted by Gasteiger charge is -2.26. The lowest BCUT2D eigenvalue weighted by Crippen LogP contribution is -2.42. The van der Waals surface area contributed by atoms with Gasteiger partial charge >= 0.3 is 0 Å². The molecule has 0 radical (unpaired) electrons. The van der Waals surface area contributed by atoms with Crippen LogP contribution in [0.5, 0.6) is 0 Å². The van der Waals surface area contributed by atoms with Crippen LogP contribution in [-0.2, 0) is 10.0 Å². The van der Waals surface area contributed by atoms with Crippen LogP contribution >= 0.6 is 0 Å². The molecule has 3 N–H and O–H groups in total. The van der Waals surface area contributed by atoms with E-state index in [0.717, 1.165) is 25.7 Å². The summed E-state index contributed by atoms with van der Waals surface area (Å²) in [7, 11) is -3.57. The molecule has 1 aliphatic carbocycles. The van der Waals surface area contributed by atoms with Gasteiger partial charge in [-0.2, -0.15) is 5.10 Å². The summed E-state index contributed by atoms with van der Waals surface area (Å²) in [4.78, 5) is 0.0970. The van der Waals surface area contributed by atoms with Crippen molar-refractivity contribution >= 4 is 10.0 Å². The predicted molar refractivity (Wildman–Crippen MR) is 66.4 cm³/mol. The number of aromatic nitrogens is 2. The molecule has 6 nitrogen and oxygen atoms in total. The van der Waals surface area contributed by atoms with E-state index < -0.39 is 15.6 Å². The SMILES string of the molecule is O=S(=O)(NCC1(O)CCCCCC1)c1cn[nH]c1. The molecule has 0 aromatic carbocycles. The Labute approximate surface area is 107 Å². The number of hydrogen-bond donors (Lipinski definition) is 3. The van der Waals surface area contributed by atoms with Gasteiger partial charge in [-0.3, -0.25) is 5.10 Å². The molecule has 1 fully saturated rings. The van der Waals surface area contributed by atoms with Gasteiger partial charge in [-0.1, -0.05) is 25.7 Å². The van der Waals surface area contributed by atoms with E-state index in [2.05, 4.69) is 14.9 Å². The zero-order valence-corrected chi connectivity index (χ0v) is 11.0. The van der Waals surface area contributed by atoms with Gasteiger partial charge < -0.3 is 5.11 Å². The van der Waals surface area contributed by atoms with Crippen molar-refractivity contribution in [3.05, 3.63) is 12.4 Å². The summed E-state index contributed by atoms with van der Waals surface area (Å²) in [6.07, 6.45) is 7.99. The second-order valence-corrected chi connectivity index (χ2v) is 6.66. The fourth-order valence-electron chi connectivity index (χ4n) is 2.26. The number of hydrogen-bond acceptors (Lipinski definition) is 4. The topological polar surface area (TPSA) is 95.1 Å². The van der Waals surface area contributed by atoms with E-state index in [1.807, 2.05) is 0 Å². The monoisotopic (exact) mass is 273 g/mol. The number of aliphatic hydroxyl groups is 1. The molecule has 1 aromatic heterocycles. The minimum absolute atomic E-state index is 0.0700.